The number of anilines is 1. The fraction of sp³-hybridized carbons (Fsp3) is 0.240. The summed E-state index contributed by atoms with van der Waals surface area (Å²) in [4.78, 5) is 12.9. The minimum Gasteiger partial charge on any atom is -0.486 e. The van der Waals surface area contributed by atoms with Crippen LogP contribution in [0.3, 0.4) is 0 Å². The van der Waals surface area contributed by atoms with E-state index in [0.29, 0.717) is 47.7 Å². The van der Waals surface area contributed by atoms with Crippen molar-refractivity contribution in [1.82, 2.24) is 5.32 Å². The van der Waals surface area contributed by atoms with Gasteiger partial charge in [-0.1, -0.05) is 41.9 Å². The highest BCUT2D eigenvalue weighted by Crippen LogP contribution is 2.35. The highest BCUT2D eigenvalue weighted by Gasteiger charge is 2.28. The molecule has 0 atom stereocenters. The molecule has 0 radical (unpaired) electrons. The molecule has 0 saturated heterocycles. The van der Waals surface area contributed by atoms with E-state index in [1.54, 1.807) is 48.2 Å². The second-order valence-electron chi connectivity index (χ2n) is 7.68. The number of sulfonamides is 1. The molecule has 7 nitrogen and oxygen atoms in total. The topological polar surface area (TPSA) is 84.9 Å². The second kappa shape index (κ2) is 11.7. The molecule has 184 valence electrons. The van der Waals surface area contributed by atoms with Gasteiger partial charge in [-0.15, -0.1) is 0 Å². The fourth-order valence-corrected chi connectivity index (χ4v) is 5.82. The molecule has 0 aromatic heterocycles. The van der Waals surface area contributed by atoms with Gasteiger partial charge < -0.3 is 14.8 Å². The largest absolute Gasteiger partial charge is 0.486 e. The molecule has 0 bridgehead atoms. The molecular weight excluding hydrogens is 508 g/mol. The molecule has 1 aliphatic heterocycles. The Morgan fingerprint density at radius 3 is 2.43 bits per heavy atom. The van der Waals surface area contributed by atoms with Gasteiger partial charge in [-0.25, -0.2) is 8.42 Å². The first-order valence-electron chi connectivity index (χ1n) is 11.0. The number of carbonyl (C=O) groups is 1. The number of hydrogen-bond acceptors (Lipinski definition) is 6. The maximum Gasteiger partial charge on any atom is 0.264 e. The molecule has 0 spiro atoms. The van der Waals surface area contributed by atoms with Crippen LogP contribution in [-0.2, 0) is 20.6 Å². The van der Waals surface area contributed by atoms with Crippen LogP contribution < -0.4 is 19.1 Å². The van der Waals surface area contributed by atoms with Crippen LogP contribution in [0.4, 0.5) is 5.69 Å². The van der Waals surface area contributed by atoms with Crippen molar-refractivity contribution >= 4 is 45.0 Å². The lowest BCUT2D eigenvalue weighted by molar-refractivity contribution is -0.119. The third-order valence-corrected chi connectivity index (χ3v) is 8.25. The summed E-state index contributed by atoms with van der Waals surface area (Å²) in [6, 6.07) is 20.5. The first kappa shape index (κ1) is 25.2. The minimum atomic E-state index is -3.99. The van der Waals surface area contributed by atoms with Gasteiger partial charge in [0.2, 0.25) is 5.91 Å². The van der Waals surface area contributed by atoms with E-state index in [2.05, 4.69) is 5.32 Å². The number of amides is 1. The number of nitrogens with zero attached hydrogens (tertiary/aromatic N) is 1. The van der Waals surface area contributed by atoms with Gasteiger partial charge in [0.25, 0.3) is 10.0 Å². The van der Waals surface area contributed by atoms with Gasteiger partial charge in [0, 0.05) is 29.1 Å². The van der Waals surface area contributed by atoms with Crippen LogP contribution >= 0.6 is 23.4 Å². The average molecular weight is 533 g/mol. The number of fused-ring (bicyclic) bond motifs is 1. The second-order valence-corrected chi connectivity index (χ2v) is 11.1. The van der Waals surface area contributed by atoms with E-state index < -0.39 is 15.9 Å². The van der Waals surface area contributed by atoms with Gasteiger partial charge in [-0.2, -0.15) is 11.8 Å². The Labute approximate surface area is 214 Å². The lowest BCUT2D eigenvalue weighted by Crippen LogP contribution is -2.41. The van der Waals surface area contributed by atoms with Gasteiger partial charge in [0.05, 0.1) is 10.6 Å². The number of ether oxygens (including phenoxy) is 2. The molecule has 0 fully saturated rings. The Bertz CT molecular complexity index is 1250. The number of halogens is 1. The summed E-state index contributed by atoms with van der Waals surface area (Å²) in [6.07, 6.45) is 0. The van der Waals surface area contributed by atoms with Crippen LogP contribution in [0.2, 0.25) is 5.02 Å². The van der Waals surface area contributed by atoms with Crippen molar-refractivity contribution in [3.05, 3.63) is 83.4 Å². The van der Waals surface area contributed by atoms with Crippen LogP contribution in [0, 0.1) is 0 Å². The Hall–Kier alpha value is -2.88. The average Bonchev–Trinajstić information content (AvgIpc) is 2.88. The Morgan fingerprint density at radius 1 is 0.971 bits per heavy atom. The van der Waals surface area contributed by atoms with Crippen molar-refractivity contribution in [2.75, 3.05) is 36.4 Å². The number of thioether (sulfide) groups is 1. The Morgan fingerprint density at radius 2 is 1.69 bits per heavy atom. The quantitative estimate of drug-likeness (QED) is 0.391. The van der Waals surface area contributed by atoms with E-state index in [1.807, 2.05) is 24.3 Å². The van der Waals surface area contributed by atoms with E-state index in [9.17, 15) is 13.2 Å². The van der Waals surface area contributed by atoms with Gasteiger partial charge >= 0.3 is 0 Å². The zero-order valence-electron chi connectivity index (χ0n) is 18.9. The SMILES string of the molecule is O=C(CN(c1ccc2c(c1)OCCO2)S(=O)(=O)c1ccccc1)NCCSCc1ccc(Cl)cc1. The molecule has 1 amide bonds. The normalized spacial score (nSPS) is 12.7. The van der Waals surface area contributed by atoms with Gasteiger partial charge in [0.15, 0.2) is 11.5 Å². The molecule has 3 aromatic rings. The maximum atomic E-state index is 13.5. The van der Waals surface area contributed by atoms with Crippen molar-refractivity contribution in [3.8, 4) is 11.5 Å². The predicted molar refractivity (Wildman–Crippen MR) is 139 cm³/mol. The molecule has 3 aromatic carbocycles. The Kier molecular flexibility index (Phi) is 8.43. The third kappa shape index (κ3) is 6.62. The van der Waals surface area contributed by atoms with Crippen LogP contribution in [0.15, 0.2) is 77.7 Å². The summed E-state index contributed by atoms with van der Waals surface area (Å²) in [7, 11) is -3.99. The Balaban J connectivity index is 1.42. The molecule has 0 unspecified atom stereocenters. The number of benzene rings is 3. The minimum absolute atomic E-state index is 0.0983. The third-order valence-electron chi connectivity index (χ3n) is 5.18. The number of rotatable bonds is 10. The van der Waals surface area contributed by atoms with Crippen molar-refractivity contribution in [2.45, 2.75) is 10.6 Å². The molecule has 35 heavy (non-hydrogen) atoms. The fourth-order valence-electron chi connectivity index (χ4n) is 3.44. The molecular formula is C25H25ClN2O5S2. The summed E-state index contributed by atoms with van der Waals surface area (Å²) >= 11 is 7.58. The van der Waals surface area contributed by atoms with Crippen molar-refractivity contribution < 1.29 is 22.7 Å². The van der Waals surface area contributed by atoms with E-state index in [4.69, 9.17) is 21.1 Å². The van der Waals surface area contributed by atoms with Crippen LogP contribution in [0.5, 0.6) is 11.5 Å². The maximum absolute atomic E-state index is 13.5. The van der Waals surface area contributed by atoms with Crippen LogP contribution in [-0.4, -0.2) is 46.4 Å². The standard InChI is InChI=1S/C25H25ClN2O5S2/c26-20-8-6-19(7-9-20)18-34-15-12-27-25(29)17-28(35(30,31)22-4-2-1-3-5-22)21-10-11-23-24(16-21)33-14-13-32-23/h1-11,16H,12-15,17-18H2,(H,27,29). The molecule has 1 heterocycles. The zero-order chi connectivity index (χ0) is 24.7. The first-order chi connectivity index (χ1) is 16.9. The molecule has 0 saturated carbocycles. The summed E-state index contributed by atoms with van der Waals surface area (Å²) in [6.45, 7) is 0.850. The van der Waals surface area contributed by atoms with E-state index in [-0.39, 0.29) is 11.4 Å². The first-order valence-corrected chi connectivity index (χ1v) is 14.0. The molecule has 4 rings (SSSR count). The lowest BCUT2D eigenvalue weighted by Gasteiger charge is -2.26. The monoisotopic (exact) mass is 532 g/mol. The zero-order valence-corrected chi connectivity index (χ0v) is 21.2. The number of carbonyl (C=O) groups excluding carboxylic acids is 1. The number of nitrogens with one attached hydrogen (secondary N) is 1. The van der Waals surface area contributed by atoms with Crippen LogP contribution in [0.1, 0.15) is 5.56 Å². The summed E-state index contributed by atoms with van der Waals surface area (Å²) in [5.41, 5.74) is 1.47. The van der Waals surface area contributed by atoms with Crippen LogP contribution in [0.25, 0.3) is 0 Å². The van der Waals surface area contributed by atoms with Gasteiger partial charge in [0.1, 0.15) is 19.8 Å². The molecule has 1 aliphatic rings. The lowest BCUT2D eigenvalue weighted by atomic mass is 10.2. The predicted octanol–water partition coefficient (Wildman–Crippen LogP) is 4.36. The molecule has 1 N–H and O–H groups in total. The van der Waals surface area contributed by atoms with Crippen molar-refractivity contribution in [2.24, 2.45) is 0 Å². The summed E-state index contributed by atoms with van der Waals surface area (Å²) in [5.74, 6) is 2.06. The summed E-state index contributed by atoms with van der Waals surface area (Å²) in [5, 5.41) is 3.51. The van der Waals surface area contributed by atoms with Gasteiger partial charge in [-0.05, 0) is 42.0 Å². The smallest absolute Gasteiger partial charge is 0.264 e. The number of hydrogen-bond donors (Lipinski definition) is 1. The van der Waals surface area contributed by atoms with E-state index in [0.717, 1.165) is 15.6 Å². The highest BCUT2D eigenvalue weighted by molar-refractivity contribution is 7.98. The van der Waals surface area contributed by atoms with E-state index in [1.165, 1.54) is 12.1 Å². The van der Waals surface area contributed by atoms with Crippen molar-refractivity contribution in [3.63, 3.8) is 0 Å². The molecule has 10 heteroatoms. The van der Waals surface area contributed by atoms with Crippen molar-refractivity contribution in [1.29, 1.82) is 0 Å². The van der Waals surface area contributed by atoms with E-state index >= 15 is 0 Å². The van der Waals surface area contributed by atoms with Gasteiger partial charge in [-0.3, -0.25) is 9.10 Å². The molecule has 0 aliphatic carbocycles. The summed E-state index contributed by atoms with van der Waals surface area (Å²) < 4.78 is 39.2. The highest BCUT2D eigenvalue weighted by atomic mass is 35.5.